The molecule has 0 bridgehead atoms. The summed E-state index contributed by atoms with van der Waals surface area (Å²) in [4.78, 5) is 22.2. The topological polar surface area (TPSA) is 86.6 Å². The lowest BCUT2D eigenvalue weighted by Crippen LogP contribution is -2.39. The second kappa shape index (κ2) is 5.49. The minimum atomic E-state index is -0.884. The van der Waals surface area contributed by atoms with Crippen LogP contribution in [0.25, 0.3) is 0 Å². The number of nitrogens with one attached hydrogen (secondary N) is 1. The highest BCUT2D eigenvalue weighted by molar-refractivity contribution is 5.77. The quantitative estimate of drug-likeness (QED) is 0.643. The molecule has 0 atom stereocenters. The van der Waals surface area contributed by atoms with Crippen LogP contribution in [0, 0.1) is 11.3 Å². The molecule has 0 heterocycles. The van der Waals surface area contributed by atoms with E-state index in [2.05, 4.69) is 5.32 Å². The maximum absolute atomic E-state index is 11.6. The molecule has 0 radical (unpaired) electrons. The fourth-order valence-electron chi connectivity index (χ4n) is 2.09. The highest BCUT2D eigenvalue weighted by Gasteiger charge is 2.29. The second-order valence-corrected chi connectivity index (χ2v) is 5.71. The molecule has 0 aliphatic heterocycles. The molecule has 0 aromatic heterocycles. The fourth-order valence-corrected chi connectivity index (χ4v) is 2.09. The van der Waals surface area contributed by atoms with Crippen molar-refractivity contribution < 1.29 is 19.8 Å². The van der Waals surface area contributed by atoms with Crippen LogP contribution < -0.4 is 5.32 Å². The van der Waals surface area contributed by atoms with Crippen LogP contribution in [0.3, 0.4) is 0 Å². The van der Waals surface area contributed by atoms with Crippen molar-refractivity contribution in [2.75, 3.05) is 6.54 Å². The van der Waals surface area contributed by atoms with Crippen LogP contribution >= 0.6 is 0 Å². The summed E-state index contributed by atoms with van der Waals surface area (Å²) in [6.45, 7) is 4.13. The molecular weight excluding hydrogens is 222 g/mol. The molecule has 5 heteroatoms. The Morgan fingerprint density at radius 2 is 1.88 bits per heavy atom. The molecule has 0 unspecified atom stereocenters. The number of rotatable bonds is 6. The summed E-state index contributed by atoms with van der Waals surface area (Å²) >= 11 is 0. The minimum Gasteiger partial charge on any atom is -0.481 e. The average molecular weight is 243 g/mol. The van der Waals surface area contributed by atoms with Crippen LogP contribution in [0.1, 0.15) is 39.5 Å². The minimum absolute atomic E-state index is 0.0113. The van der Waals surface area contributed by atoms with Crippen molar-refractivity contribution in [3.8, 4) is 0 Å². The summed E-state index contributed by atoms with van der Waals surface area (Å²) in [7, 11) is 0. The van der Waals surface area contributed by atoms with Gasteiger partial charge in [0.25, 0.3) is 0 Å². The predicted octanol–water partition coefficient (Wildman–Crippen LogP) is 0.764. The van der Waals surface area contributed by atoms with Crippen LogP contribution in [0.2, 0.25) is 0 Å². The Kier molecular flexibility index (Phi) is 4.51. The molecule has 3 N–H and O–H groups in total. The van der Waals surface area contributed by atoms with E-state index in [1.807, 2.05) is 0 Å². The highest BCUT2D eigenvalue weighted by atomic mass is 16.4. The summed E-state index contributed by atoms with van der Waals surface area (Å²) in [5, 5.41) is 20.6. The number of carboxylic acids is 1. The second-order valence-electron chi connectivity index (χ2n) is 5.71. The van der Waals surface area contributed by atoms with Crippen LogP contribution in [0.15, 0.2) is 0 Å². The molecule has 1 aliphatic rings. The molecule has 0 aromatic carbocycles. The third kappa shape index (κ3) is 5.17. The first-order valence-corrected chi connectivity index (χ1v) is 5.95. The first-order chi connectivity index (χ1) is 7.78. The fraction of sp³-hybridized carbons (Fsp3) is 0.833. The molecule has 0 aromatic rings. The first-order valence-electron chi connectivity index (χ1n) is 5.95. The lowest BCUT2D eigenvalue weighted by molar-refractivity contribution is -0.139. The Balaban J connectivity index is 2.21. The molecule has 1 amide bonds. The van der Waals surface area contributed by atoms with Gasteiger partial charge in [0.1, 0.15) is 0 Å². The van der Waals surface area contributed by atoms with Crippen molar-refractivity contribution >= 4 is 11.9 Å². The van der Waals surface area contributed by atoms with E-state index in [9.17, 15) is 9.59 Å². The van der Waals surface area contributed by atoms with Crippen LogP contribution in [-0.2, 0) is 9.59 Å². The van der Waals surface area contributed by atoms with Crippen LogP contribution in [0.5, 0.6) is 0 Å². The lowest BCUT2D eigenvalue weighted by atomic mass is 9.82. The standard InChI is InChI=1S/C12H21NO4/c1-12(2,6-11(16)17)5-10(15)13-7-8-3-9(14)4-8/h8-9,14H,3-7H2,1-2H3,(H,13,15)(H,16,17). The van der Waals surface area contributed by atoms with E-state index in [-0.39, 0.29) is 24.9 Å². The number of hydrogen-bond donors (Lipinski definition) is 3. The zero-order valence-corrected chi connectivity index (χ0v) is 10.4. The summed E-state index contributed by atoms with van der Waals surface area (Å²) in [6.07, 6.45) is 1.50. The van der Waals surface area contributed by atoms with E-state index in [1.54, 1.807) is 13.8 Å². The van der Waals surface area contributed by atoms with Gasteiger partial charge < -0.3 is 15.5 Å². The van der Waals surface area contributed by atoms with Crippen molar-refractivity contribution in [3.05, 3.63) is 0 Å². The maximum Gasteiger partial charge on any atom is 0.303 e. The van der Waals surface area contributed by atoms with Gasteiger partial charge in [-0.25, -0.2) is 0 Å². The van der Waals surface area contributed by atoms with Gasteiger partial charge in [0.05, 0.1) is 12.5 Å². The van der Waals surface area contributed by atoms with Crippen LogP contribution in [0.4, 0.5) is 0 Å². The number of aliphatic hydroxyl groups is 1. The van der Waals surface area contributed by atoms with Gasteiger partial charge in [-0.3, -0.25) is 9.59 Å². The summed E-state index contributed by atoms with van der Waals surface area (Å²) < 4.78 is 0. The van der Waals surface area contributed by atoms with Gasteiger partial charge in [-0.15, -0.1) is 0 Å². The molecule has 1 aliphatic carbocycles. The summed E-state index contributed by atoms with van der Waals surface area (Å²) in [6, 6.07) is 0. The Bertz CT molecular complexity index is 295. The molecule has 17 heavy (non-hydrogen) atoms. The number of aliphatic carboxylic acids is 1. The molecule has 5 nitrogen and oxygen atoms in total. The van der Waals surface area contributed by atoms with E-state index in [0.29, 0.717) is 12.5 Å². The van der Waals surface area contributed by atoms with E-state index in [0.717, 1.165) is 12.8 Å². The van der Waals surface area contributed by atoms with Crippen molar-refractivity contribution in [1.29, 1.82) is 0 Å². The average Bonchev–Trinajstić information content (AvgIpc) is 2.07. The summed E-state index contributed by atoms with van der Waals surface area (Å²) in [5.41, 5.74) is -0.519. The maximum atomic E-state index is 11.6. The van der Waals surface area contributed by atoms with Crippen molar-refractivity contribution in [2.45, 2.75) is 45.6 Å². The number of carboxylic acid groups (broad SMARTS) is 1. The van der Waals surface area contributed by atoms with Gasteiger partial charge in [0.15, 0.2) is 0 Å². The SMILES string of the molecule is CC(C)(CC(=O)O)CC(=O)NCC1CC(O)C1. The van der Waals surface area contributed by atoms with Crippen molar-refractivity contribution in [1.82, 2.24) is 5.32 Å². The van der Waals surface area contributed by atoms with E-state index in [1.165, 1.54) is 0 Å². The normalized spacial score (nSPS) is 23.9. The third-order valence-corrected chi connectivity index (χ3v) is 3.07. The Morgan fingerprint density at radius 3 is 2.35 bits per heavy atom. The molecule has 1 fully saturated rings. The van der Waals surface area contributed by atoms with E-state index < -0.39 is 11.4 Å². The molecule has 1 saturated carbocycles. The molecular formula is C12H21NO4. The summed E-state index contributed by atoms with van der Waals surface area (Å²) in [5.74, 6) is -0.626. The Labute approximate surface area is 101 Å². The molecule has 0 saturated heterocycles. The van der Waals surface area contributed by atoms with Crippen molar-refractivity contribution in [3.63, 3.8) is 0 Å². The third-order valence-electron chi connectivity index (χ3n) is 3.07. The molecule has 98 valence electrons. The first kappa shape index (κ1) is 14.0. The lowest BCUT2D eigenvalue weighted by Gasteiger charge is -2.31. The van der Waals surface area contributed by atoms with Crippen molar-refractivity contribution in [2.24, 2.45) is 11.3 Å². The highest BCUT2D eigenvalue weighted by Crippen LogP contribution is 2.27. The number of hydrogen-bond acceptors (Lipinski definition) is 3. The van der Waals surface area contributed by atoms with E-state index in [4.69, 9.17) is 10.2 Å². The number of amides is 1. The van der Waals surface area contributed by atoms with Crippen LogP contribution in [-0.4, -0.2) is 34.7 Å². The number of carbonyl (C=O) groups is 2. The number of carbonyl (C=O) groups excluding carboxylic acids is 1. The molecule has 1 rings (SSSR count). The zero-order chi connectivity index (χ0) is 13.1. The Hall–Kier alpha value is -1.10. The predicted molar refractivity (Wildman–Crippen MR) is 62.4 cm³/mol. The Morgan fingerprint density at radius 1 is 1.29 bits per heavy atom. The largest absolute Gasteiger partial charge is 0.481 e. The van der Waals surface area contributed by atoms with Gasteiger partial charge in [-0.05, 0) is 24.2 Å². The van der Waals surface area contributed by atoms with Gasteiger partial charge in [0.2, 0.25) is 5.91 Å². The number of aliphatic hydroxyl groups excluding tert-OH is 1. The van der Waals surface area contributed by atoms with E-state index >= 15 is 0 Å². The van der Waals surface area contributed by atoms with Gasteiger partial charge in [-0.2, -0.15) is 0 Å². The van der Waals surface area contributed by atoms with Gasteiger partial charge in [-0.1, -0.05) is 13.8 Å². The van der Waals surface area contributed by atoms with Gasteiger partial charge in [0, 0.05) is 13.0 Å². The monoisotopic (exact) mass is 243 g/mol. The zero-order valence-electron chi connectivity index (χ0n) is 10.4. The molecule has 0 spiro atoms. The van der Waals surface area contributed by atoms with Gasteiger partial charge >= 0.3 is 5.97 Å². The smallest absolute Gasteiger partial charge is 0.303 e.